The second-order valence-corrected chi connectivity index (χ2v) is 6.76. The van der Waals surface area contributed by atoms with Crippen molar-refractivity contribution in [1.82, 2.24) is 5.32 Å². The fraction of sp³-hybridized carbons (Fsp3) is 0.467. The maximum Gasteiger partial charge on any atom is 0.316 e. The normalized spacial score (nSPS) is 12.8. The van der Waals surface area contributed by atoms with Crippen molar-refractivity contribution in [1.29, 1.82) is 0 Å². The number of aliphatic carboxylic acids is 1. The van der Waals surface area contributed by atoms with Crippen molar-refractivity contribution in [3.63, 3.8) is 0 Å². The zero-order chi connectivity index (χ0) is 16.2. The zero-order valence-corrected chi connectivity index (χ0v) is 13.8. The molecule has 1 amide bonds. The minimum absolute atomic E-state index is 0.319. The Morgan fingerprint density at radius 2 is 1.90 bits per heavy atom. The summed E-state index contributed by atoms with van der Waals surface area (Å²) in [6.45, 7) is 5.49. The average Bonchev–Trinajstić information content (AvgIpc) is 2.29. The maximum atomic E-state index is 12.0. The summed E-state index contributed by atoms with van der Waals surface area (Å²) < 4.78 is 0. The lowest BCUT2D eigenvalue weighted by atomic mass is 9.80. The number of halogens is 2. The van der Waals surface area contributed by atoms with Crippen LogP contribution in [0, 0.1) is 11.3 Å². The molecule has 21 heavy (non-hydrogen) atoms. The third-order valence-corrected chi connectivity index (χ3v) is 3.67. The largest absolute Gasteiger partial charge is 0.481 e. The zero-order valence-electron chi connectivity index (χ0n) is 12.2. The Kier molecular flexibility index (Phi) is 6.05. The van der Waals surface area contributed by atoms with Gasteiger partial charge in [0.2, 0.25) is 5.91 Å². The number of hydrogen-bond acceptors (Lipinski definition) is 2. The fourth-order valence-corrected chi connectivity index (χ4v) is 2.53. The highest BCUT2D eigenvalue weighted by Gasteiger charge is 2.37. The van der Waals surface area contributed by atoms with Gasteiger partial charge in [-0.3, -0.25) is 9.59 Å². The summed E-state index contributed by atoms with van der Waals surface area (Å²) in [7, 11) is 0. The van der Waals surface area contributed by atoms with Crippen LogP contribution >= 0.6 is 23.2 Å². The number of carboxylic acids is 1. The van der Waals surface area contributed by atoms with Crippen LogP contribution in [0.4, 0.5) is 0 Å². The van der Waals surface area contributed by atoms with Gasteiger partial charge in [0.25, 0.3) is 0 Å². The van der Waals surface area contributed by atoms with Gasteiger partial charge < -0.3 is 10.4 Å². The van der Waals surface area contributed by atoms with Gasteiger partial charge in [-0.25, -0.2) is 0 Å². The predicted molar refractivity (Wildman–Crippen MR) is 83.8 cm³/mol. The Hall–Kier alpha value is -1.26. The summed E-state index contributed by atoms with van der Waals surface area (Å²) in [5.41, 5.74) is 0.206. The molecular weight excluding hydrogens is 313 g/mol. The van der Waals surface area contributed by atoms with Crippen LogP contribution in [-0.4, -0.2) is 23.5 Å². The number of carbonyl (C=O) groups excluding carboxylic acids is 1. The van der Waals surface area contributed by atoms with Gasteiger partial charge in [0, 0.05) is 16.6 Å². The molecule has 1 unspecified atom stereocenters. The molecule has 4 nitrogen and oxygen atoms in total. The SMILES string of the molecule is CC(C)(C)C(C(=O)O)C(=O)NCCc1ccc(Cl)cc1Cl. The van der Waals surface area contributed by atoms with Crippen molar-refractivity contribution in [3.8, 4) is 0 Å². The van der Waals surface area contributed by atoms with Crippen molar-refractivity contribution in [2.75, 3.05) is 6.54 Å². The molecular formula is C15H19Cl2NO3. The van der Waals surface area contributed by atoms with Crippen LogP contribution < -0.4 is 5.32 Å². The highest BCUT2D eigenvalue weighted by molar-refractivity contribution is 6.35. The highest BCUT2D eigenvalue weighted by Crippen LogP contribution is 2.26. The molecule has 116 valence electrons. The van der Waals surface area contributed by atoms with E-state index in [2.05, 4.69) is 5.32 Å². The minimum Gasteiger partial charge on any atom is -0.481 e. The van der Waals surface area contributed by atoms with Crippen LogP contribution in [0.1, 0.15) is 26.3 Å². The first-order valence-corrected chi connectivity index (χ1v) is 7.33. The third kappa shape index (κ3) is 5.21. The molecule has 0 aliphatic heterocycles. The number of nitrogens with one attached hydrogen (secondary N) is 1. The molecule has 6 heteroatoms. The van der Waals surface area contributed by atoms with Crippen LogP contribution in [0.5, 0.6) is 0 Å². The van der Waals surface area contributed by atoms with Gasteiger partial charge in [-0.15, -0.1) is 0 Å². The maximum absolute atomic E-state index is 12.0. The molecule has 2 N–H and O–H groups in total. The summed E-state index contributed by atoms with van der Waals surface area (Å²) in [5.74, 6) is -2.69. The van der Waals surface area contributed by atoms with Crippen molar-refractivity contribution < 1.29 is 14.7 Å². The molecule has 0 radical (unpaired) electrons. The number of amides is 1. The second-order valence-electron chi connectivity index (χ2n) is 5.91. The van der Waals surface area contributed by atoms with E-state index in [1.54, 1.807) is 39.0 Å². The lowest BCUT2D eigenvalue weighted by Gasteiger charge is -2.25. The minimum atomic E-state index is -1.12. The van der Waals surface area contributed by atoms with Crippen molar-refractivity contribution in [3.05, 3.63) is 33.8 Å². The molecule has 1 atom stereocenters. The Morgan fingerprint density at radius 3 is 2.38 bits per heavy atom. The molecule has 1 rings (SSSR count). The van der Waals surface area contributed by atoms with Gasteiger partial charge in [0.1, 0.15) is 5.92 Å². The number of carbonyl (C=O) groups is 2. The summed E-state index contributed by atoms with van der Waals surface area (Å²) >= 11 is 11.8. The summed E-state index contributed by atoms with van der Waals surface area (Å²) in [5, 5.41) is 12.9. The van der Waals surface area contributed by atoms with Crippen molar-refractivity contribution in [2.24, 2.45) is 11.3 Å². The third-order valence-electron chi connectivity index (χ3n) is 3.08. The molecule has 0 bridgehead atoms. The van der Waals surface area contributed by atoms with Crippen LogP contribution in [-0.2, 0) is 16.0 Å². The molecule has 0 aromatic heterocycles. The van der Waals surface area contributed by atoms with E-state index in [0.717, 1.165) is 5.56 Å². The Labute approximate surface area is 134 Å². The summed E-state index contributed by atoms with van der Waals surface area (Å²) in [6, 6.07) is 5.14. The van der Waals surface area contributed by atoms with Crippen LogP contribution in [0.3, 0.4) is 0 Å². The monoisotopic (exact) mass is 331 g/mol. The first kappa shape index (κ1) is 17.8. The van der Waals surface area contributed by atoms with E-state index in [4.69, 9.17) is 23.2 Å². The topological polar surface area (TPSA) is 66.4 Å². The molecule has 0 saturated heterocycles. The van der Waals surface area contributed by atoms with Crippen LogP contribution in [0.15, 0.2) is 18.2 Å². The van der Waals surface area contributed by atoms with Crippen molar-refractivity contribution in [2.45, 2.75) is 27.2 Å². The summed E-state index contributed by atoms with van der Waals surface area (Å²) in [6.07, 6.45) is 0.512. The smallest absolute Gasteiger partial charge is 0.316 e. The van der Waals surface area contributed by atoms with Gasteiger partial charge in [-0.05, 0) is 29.5 Å². The van der Waals surface area contributed by atoms with Gasteiger partial charge in [-0.2, -0.15) is 0 Å². The quantitative estimate of drug-likeness (QED) is 0.812. The van der Waals surface area contributed by atoms with Gasteiger partial charge in [0.05, 0.1) is 0 Å². The number of benzene rings is 1. The molecule has 0 heterocycles. The Morgan fingerprint density at radius 1 is 1.29 bits per heavy atom. The molecule has 1 aromatic rings. The van der Waals surface area contributed by atoms with E-state index >= 15 is 0 Å². The molecule has 0 aliphatic carbocycles. The van der Waals surface area contributed by atoms with Gasteiger partial charge in [0.15, 0.2) is 0 Å². The van der Waals surface area contributed by atoms with E-state index in [1.807, 2.05) is 0 Å². The fourth-order valence-electron chi connectivity index (χ4n) is 2.02. The molecule has 0 saturated carbocycles. The Bertz CT molecular complexity index is 538. The molecule has 0 aliphatic rings. The van der Waals surface area contributed by atoms with Gasteiger partial charge >= 0.3 is 5.97 Å². The molecule has 1 aromatic carbocycles. The van der Waals surface area contributed by atoms with Crippen molar-refractivity contribution >= 4 is 35.1 Å². The lowest BCUT2D eigenvalue weighted by Crippen LogP contribution is -2.43. The van der Waals surface area contributed by atoms with E-state index in [0.29, 0.717) is 23.0 Å². The number of carboxylic acid groups (broad SMARTS) is 1. The van der Waals surface area contributed by atoms with Crippen LogP contribution in [0.2, 0.25) is 10.0 Å². The van der Waals surface area contributed by atoms with E-state index in [9.17, 15) is 14.7 Å². The number of rotatable bonds is 5. The first-order valence-electron chi connectivity index (χ1n) is 6.57. The van der Waals surface area contributed by atoms with Crippen LogP contribution in [0.25, 0.3) is 0 Å². The Balaban J connectivity index is 2.62. The van der Waals surface area contributed by atoms with E-state index in [1.165, 1.54) is 0 Å². The first-order chi connectivity index (χ1) is 9.62. The standard InChI is InChI=1S/C15H19Cl2NO3/c1-15(2,3)12(14(20)21)13(19)18-7-6-9-4-5-10(16)8-11(9)17/h4-5,8,12H,6-7H2,1-3H3,(H,18,19)(H,20,21). The van der Waals surface area contributed by atoms with Gasteiger partial charge in [-0.1, -0.05) is 50.0 Å². The van der Waals surface area contributed by atoms with E-state index in [-0.39, 0.29) is 0 Å². The lowest BCUT2D eigenvalue weighted by molar-refractivity contribution is -0.151. The molecule has 0 spiro atoms. The highest BCUT2D eigenvalue weighted by atomic mass is 35.5. The summed E-state index contributed by atoms with van der Waals surface area (Å²) in [4.78, 5) is 23.2. The average molecular weight is 332 g/mol. The number of hydrogen-bond donors (Lipinski definition) is 2. The predicted octanol–water partition coefficient (Wildman–Crippen LogP) is 3.40. The van der Waals surface area contributed by atoms with E-state index < -0.39 is 23.2 Å². The second kappa shape index (κ2) is 7.14. The molecule has 0 fully saturated rings.